The highest BCUT2D eigenvalue weighted by atomic mass is 35.5. The summed E-state index contributed by atoms with van der Waals surface area (Å²) in [5.41, 5.74) is 2.45. The van der Waals surface area contributed by atoms with Gasteiger partial charge in [-0.05, 0) is 37.1 Å². The second kappa shape index (κ2) is 7.58. The second-order valence-electron chi connectivity index (χ2n) is 5.93. The van der Waals surface area contributed by atoms with Crippen LogP contribution in [0.5, 0.6) is 0 Å². The van der Waals surface area contributed by atoms with Gasteiger partial charge < -0.3 is 10.2 Å². The molecule has 0 spiro atoms. The molecule has 0 saturated carbocycles. The molecule has 1 aromatic carbocycles. The van der Waals surface area contributed by atoms with E-state index in [-0.39, 0.29) is 0 Å². The monoisotopic (exact) mass is 312 g/mol. The number of nitrogens with one attached hydrogen (secondary N) is 1. The summed E-state index contributed by atoms with van der Waals surface area (Å²) in [4.78, 5) is 2.43. The van der Waals surface area contributed by atoms with Gasteiger partial charge in [-0.3, -0.25) is 0 Å². The van der Waals surface area contributed by atoms with Gasteiger partial charge in [-0.15, -0.1) is 0 Å². The van der Waals surface area contributed by atoms with Crippen molar-refractivity contribution in [1.29, 1.82) is 0 Å². The van der Waals surface area contributed by atoms with E-state index in [9.17, 15) is 0 Å². The van der Waals surface area contributed by atoms with Crippen molar-refractivity contribution >= 4 is 29.1 Å². The Labute approximate surface area is 132 Å². The zero-order valence-corrected chi connectivity index (χ0v) is 14.2. The molecule has 0 aromatic heterocycles. The van der Waals surface area contributed by atoms with Crippen LogP contribution in [-0.2, 0) is 6.54 Å². The van der Waals surface area contributed by atoms with Gasteiger partial charge in [-0.25, -0.2) is 0 Å². The van der Waals surface area contributed by atoms with Gasteiger partial charge in [-0.1, -0.05) is 31.5 Å². The highest BCUT2D eigenvalue weighted by Gasteiger charge is 2.20. The molecule has 1 atom stereocenters. The Kier molecular flexibility index (Phi) is 6.06. The Balaban J connectivity index is 2.01. The molecule has 4 heteroatoms. The van der Waals surface area contributed by atoms with Gasteiger partial charge in [0.25, 0.3) is 0 Å². The molecule has 1 saturated heterocycles. The van der Waals surface area contributed by atoms with Crippen LogP contribution in [-0.4, -0.2) is 30.6 Å². The molecule has 0 aliphatic carbocycles. The quantitative estimate of drug-likeness (QED) is 0.884. The Morgan fingerprint density at radius 3 is 2.90 bits per heavy atom. The molecule has 0 bridgehead atoms. The van der Waals surface area contributed by atoms with E-state index in [1.54, 1.807) is 0 Å². The first-order chi connectivity index (χ1) is 9.58. The predicted octanol–water partition coefficient (Wildman–Crippen LogP) is 4.03. The summed E-state index contributed by atoms with van der Waals surface area (Å²) in [7, 11) is 0. The molecule has 20 heavy (non-hydrogen) atoms. The van der Waals surface area contributed by atoms with Gasteiger partial charge >= 0.3 is 0 Å². The maximum atomic E-state index is 6.49. The molecule has 2 rings (SSSR count). The van der Waals surface area contributed by atoms with Gasteiger partial charge in [0.2, 0.25) is 0 Å². The first kappa shape index (κ1) is 16.0. The summed E-state index contributed by atoms with van der Waals surface area (Å²) in [6.07, 6.45) is 0. The third-order valence-electron chi connectivity index (χ3n) is 3.57. The number of hydrogen-bond acceptors (Lipinski definition) is 3. The van der Waals surface area contributed by atoms with E-state index in [1.807, 2.05) is 11.8 Å². The smallest absolute Gasteiger partial charge is 0.0642 e. The van der Waals surface area contributed by atoms with Gasteiger partial charge in [-0.2, -0.15) is 11.8 Å². The minimum absolute atomic E-state index is 0.566. The molecule has 1 unspecified atom stereocenters. The summed E-state index contributed by atoms with van der Waals surface area (Å²) >= 11 is 8.52. The van der Waals surface area contributed by atoms with Crippen LogP contribution in [0.3, 0.4) is 0 Å². The maximum absolute atomic E-state index is 6.49. The van der Waals surface area contributed by atoms with E-state index in [0.29, 0.717) is 12.0 Å². The number of hydrogen-bond donors (Lipinski definition) is 1. The van der Waals surface area contributed by atoms with Gasteiger partial charge in [0, 0.05) is 30.6 Å². The standard InChI is InChI=1S/C16H25ClN2S/c1-12(2)9-18-10-14-4-5-16(15(17)8-14)19-6-7-20-11-13(19)3/h4-5,8,12-13,18H,6-7,9-11H2,1-3H3. The first-order valence-corrected chi connectivity index (χ1v) is 8.94. The van der Waals surface area contributed by atoms with E-state index in [2.05, 4.69) is 49.2 Å². The molecule has 1 heterocycles. The van der Waals surface area contributed by atoms with Crippen LogP contribution in [0.1, 0.15) is 26.3 Å². The number of benzene rings is 1. The SMILES string of the molecule is CC(C)CNCc1ccc(N2CCSCC2C)c(Cl)c1. The average Bonchev–Trinajstić information content (AvgIpc) is 2.40. The number of thioether (sulfide) groups is 1. The molecule has 0 radical (unpaired) electrons. The summed E-state index contributed by atoms with van der Waals surface area (Å²) in [5.74, 6) is 3.06. The van der Waals surface area contributed by atoms with Crippen molar-refractivity contribution in [2.75, 3.05) is 29.5 Å². The molecule has 1 aliphatic rings. The Hall–Kier alpha value is -0.380. The Morgan fingerprint density at radius 2 is 2.25 bits per heavy atom. The summed E-state index contributed by atoms with van der Waals surface area (Å²) < 4.78 is 0. The number of rotatable bonds is 5. The van der Waals surface area contributed by atoms with Crippen molar-refractivity contribution in [1.82, 2.24) is 5.32 Å². The highest BCUT2D eigenvalue weighted by molar-refractivity contribution is 7.99. The zero-order valence-electron chi connectivity index (χ0n) is 12.7. The van der Waals surface area contributed by atoms with Crippen LogP contribution in [0.15, 0.2) is 18.2 Å². The fourth-order valence-corrected chi connectivity index (χ4v) is 3.81. The van der Waals surface area contributed by atoms with Crippen LogP contribution in [0.25, 0.3) is 0 Å². The van der Waals surface area contributed by atoms with E-state index < -0.39 is 0 Å². The maximum Gasteiger partial charge on any atom is 0.0642 e. The molecule has 1 aromatic rings. The highest BCUT2D eigenvalue weighted by Crippen LogP contribution is 2.31. The van der Waals surface area contributed by atoms with E-state index in [4.69, 9.17) is 11.6 Å². The van der Waals surface area contributed by atoms with E-state index in [1.165, 1.54) is 22.8 Å². The number of anilines is 1. The summed E-state index contributed by atoms with van der Waals surface area (Å²) in [6, 6.07) is 7.05. The van der Waals surface area contributed by atoms with Crippen molar-refractivity contribution in [3.63, 3.8) is 0 Å². The lowest BCUT2D eigenvalue weighted by Crippen LogP contribution is -2.40. The van der Waals surface area contributed by atoms with Crippen molar-refractivity contribution in [2.45, 2.75) is 33.4 Å². The molecule has 1 fully saturated rings. The van der Waals surface area contributed by atoms with E-state index >= 15 is 0 Å². The third-order valence-corrected chi connectivity index (χ3v) is 5.06. The lowest BCUT2D eigenvalue weighted by Gasteiger charge is -2.35. The number of nitrogens with zero attached hydrogens (tertiary/aromatic N) is 1. The first-order valence-electron chi connectivity index (χ1n) is 7.41. The fourth-order valence-electron chi connectivity index (χ4n) is 2.48. The molecule has 2 nitrogen and oxygen atoms in total. The van der Waals surface area contributed by atoms with Crippen molar-refractivity contribution in [3.8, 4) is 0 Å². The lowest BCUT2D eigenvalue weighted by atomic mass is 10.1. The third kappa shape index (κ3) is 4.31. The summed E-state index contributed by atoms with van der Waals surface area (Å²) in [6.45, 7) is 9.75. The average molecular weight is 313 g/mol. The van der Waals surface area contributed by atoms with Crippen molar-refractivity contribution in [3.05, 3.63) is 28.8 Å². The molecule has 1 aliphatic heterocycles. The second-order valence-corrected chi connectivity index (χ2v) is 7.48. The lowest BCUT2D eigenvalue weighted by molar-refractivity contribution is 0.552. The molecule has 1 N–H and O–H groups in total. The number of halogens is 1. The van der Waals surface area contributed by atoms with Crippen molar-refractivity contribution in [2.24, 2.45) is 5.92 Å². The Morgan fingerprint density at radius 1 is 1.45 bits per heavy atom. The molecule has 0 amide bonds. The van der Waals surface area contributed by atoms with Crippen LogP contribution in [0, 0.1) is 5.92 Å². The van der Waals surface area contributed by atoms with Crippen LogP contribution >= 0.6 is 23.4 Å². The molecular formula is C16H25ClN2S. The zero-order chi connectivity index (χ0) is 14.5. The van der Waals surface area contributed by atoms with Crippen molar-refractivity contribution < 1.29 is 0 Å². The normalized spacial score (nSPS) is 19.6. The largest absolute Gasteiger partial charge is 0.366 e. The molecular weight excluding hydrogens is 288 g/mol. The minimum atomic E-state index is 0.566. The van der Waals surface area contributed by atoms with Crippen LogP contribution in [0.2, 0.25) is 5.02 Å². The van der Waals surface area contributed by atoms with Crippen LogP contribution < -0.4 is 10.2 Å². The fraction of sp³-hybridized carbons (Fsp3) is 0.625. The minimum Gasteiger partial charge on any atom is -0.366 e. The Bertz CT molecular complexity index is 436. The van der Waals surface area contributed by atoms with Gasteiger partial charge in [0.05, 0.1) is 10.7 Å². The topological polar surface area (TPSA) is 15.3 Å². The van der Waals surface area contributed by atoms with E-state index in [0.717, 1.165) is 24.7 Å². The van der Waals surface area contributed by atoms with Crippen LogP contribution in [0.4, 0.5) is 5.69 Å². The summed E-state index contributed by atoms with van der Waals surface area (Å²) in [5, 5.41) is 4.34. The van der Waals surface area contributed by atoms with Gasteiger partial charge in [0.1, 0.15) is 0 Å². The molecule has 112 valence electrons. The predicted molar refractivity (Wildman–Crippen MR) is 92.1 cm³/mol. The van der Waals surface area contributed by atoms with Gasteiger partial charge in [0.15, 0.2) is 0 Å².